The predicted molar refractivity (Wildman–Crippen MR) is 91.3 cm³/mol. The Balaban J connectivity index is 4.24. The summed E-state index contributed by atoms with van der Waals surface area (Å²) in [7, 11) is 7.07. The molecule has 6 nitrogen and oxygen atoms in total. The molecule has 0 rings (SSSR count). The van der Waals surface area contributed by atoms with Crippen LogP contribution >= 0.6 is 42.7 Å². The van der Waals surface area contributed by atoms with Crippen LogP contribution in [0.5, 0.6) is 0 Å². The molecule has 6 unspecified atom stereocenters. The molecule has 0 aliphatic heterocycles. The molecule has 0 aromatic rings. The number of aliphatic hydroxyl groups excluding tert-OH is 1. The minimum atomic E-state index is -1.07. The fraction of sp³-hybridized carbons (Fsp3) is 0.750. The van der Waals surface area contributed by atoms with E-state index in [4.69, 9.17) is 4.52 Å². The summed E-state index contributed by atoms with van der Waals surface area (Å²) in [5, 5.41) is 14.5. The first-order valence-electron chi connectivity index (χ1n) is 5.52. The summed E-state index contributed by atoms with van der Waals surface area (Å²) in [6, 6.07) is -0.285. The van der Waals surface area contributed by atoms with E-state index in [0.717, 1.165) is 0 Å². The zero-order chi connectivity index (χ0) is 14.8. The van der Waals surface area contributed by atoms with Gasteiger partial charge in [0.05, 0.1) is 20.2 Å². The van der Waals surface area contributed by atoms with Crippen LogP contribution in [-0.2, 0) is 14.1 Å². The van der Waals surface area contributed by atoms with Crippen LogP contribution in [0.2, 0.25) is 0 Å². The number of nitrogens with one attached hydrogen (secondary N) is 2. The van der Waals surface area contributed by atoms with Gasteiger partial charge in [-0.2, -0.15) is 0 Å². The maximum atomic E-state index is 11.4. The molecule has 0 fully saturated rings. The Kier molecular flexibility index (Phi) is 12.3. The van der Waals surface area contributed by atoms with E-state index in [-0.39, 0.29) is 20.4 Å². The molecule has 3 N–H and O–H groups in total. The van der Waals surface area contributed by atoms with Crippen LogP contribution in [0.3, 0.4) is 0 Å². The van der Waals surface area contributed by atoms with Crippen molar-refractivity contribution in [1.29, 1.82) is 0 Å². The highest BCUT2D eigenvalue weighted by atomic mass is 32.4. The van der Waals surface area contributed by atoms with E-state index in [1.807, 2.05) is 0 Å². The summed E-state index contributed by atoms with van der Waals surface area (Å²) >= 11 is 0. The summed E-state index contributed by atoms with van der Waals surface area (Å²) in [6.07, 6.45) is -0.294. The Morgan fingerprint density at radius 1 is 1.47 bits per heavy atom. The second kappa shape index (κ2) is 11.6. The van der Waals surface area contributed by atoms with Gasteiger partial charge in [0.1, 0.15) is 6.10 Å². The normalized spacial score (nSPS) is 14.6. The largest absolute Gasteiger partial charge is 0.384 e. The molecular formula is C8H21N2O4P5. The highest BCUT2D eigenvalue weighted by molar-refractivity contribution is 8.41. The molecule has 0 radical (unpaired) electrons. The minimum Gasteiger partial charge on any atom is -0.384 e. The molecule has 0 aromatic carbocycles. The maximum Gasteiger partial charge on any atom is 0.248 e. The van der Waals surface area contributed by atoms with Crippen molar-refractivity contribution in [3.05, 3.63) is 0 Å². The Morgan fingerprint density at radius 2 is 2.11 bits per heavy atom. The van der Waals surface area contributed by atoms with E-state index in [9.17, 15) is 14.7 Å². The molecule has 0 spiro atoms. The highest BCUT2D eigenvalue weighted by Gasteiger charge is 2.17. The van der Waals surface area contributed by atoms with Gasteiger partial charge in [-0.3, -0.25) is 9.59 Å². The van der Waals surface area contributed by atoms with Crippen molar-refractivity contribution >= 4 is 54.5 Å². The van der Waals surface area contributed by atoms with Gasteiger partial charge in [0.25, 0.3) is 0 Å². The smallest absolute Gasteiger partial charge is 0.248 e. The second-order valence-corrected chi connectivity index (χ2v) is 11.0. The van der Waals surface area contributed by atoms with Crippen LogP contribution in [-0.4, -0.2) is 35.7 Å². The Hall–Kier alpha value is 1.01. The number of hydrogen-bond donors (Lipinski definition) is 3. The van der Waals surface area contributed by atoms with E-state index in [2.05, 4.69) is 37.2 Å². The topological polar surface area (TPSA) is 87.7 Å². The van der Waals surface area contributed by atoms with Gasteiger partial charge in [-0.15, -0.1) is 0 Å². The monoisotopic (exact) mass is 364 g/mol. The van der Waals surface area contributed by atoms with Gasteiger partial charge in [0.15, 0.2) is 0 Å². The van der Waals surface area contributed by atoms with Crippen LogP contribution < -0.4 is 10.4 Å². The molecule has 11 heteroatoms. The first kappa shape index (κ1) is 20.0. The molecule has 0 heterocycles. The van der Waals surface area contributed by atoms with Gasteiger partial charge < -0.3 is 20.0 Å². The molecule has 0 bridgehead atoms. The molecule has 0 aromatic heterocycles. The van der Waals surface area contributed by atoms with E-state index >= 15 is 0 Å². The van der Waals surface area contributed by atoms with E-state index in [0.29, 0.717) is 19.4 Å². The molecular weight excluding hydrogens is 343 g/mol. The number of carbonyl (C=O) groups is 2. The van der Waals surface area contributed by atoms with Gasteiger partial charge in [0.2, 0.25) is 11.8 Å². The van der Waals surface area contributed by atoms with Crippen LogP contribution in [0.4, 0.5) is 0 Å². The van der Waals surface area contributed by atoms with Crippen molar-refractivity contribution in [1.82, 2.24) is 10.4 Å². The number of hydrogen-bond acceptors (Lipinski definition) is 4. The third kappa shape index (κ3) is 11.4. The van der Waals surface area contributed by atoms with Crippen LogP contribution in [0, 0.1) is 0 Å². The van der Waals surface area contributed by atoms with Crippen molar-refractivity contribution in [3.8, 4) is 0 Å². The molecule has 19 heavy (non-hydrogen) atoms. The standard InChI is InChI=1S/C8H21N2O4P5/c1-5(11)8(13)9-6(4-14-19(16)17)2-3-7(12)10-18-15/h5-6,11,18H,2-4,15-17H2,1H3,(H,9,13)(H,10,12). The van der Waals surface area contributed by atoms with Crippen LogP contribution in [0.25, 0.3) is 0 Å². The summed E-state index contributed by atoms with van der Waals surface area (Å²) in [5.74, 6) is -0.526. The molecule has 112 valence electrons. The molecule has 6 atom stereocenters. The summed E-state index contributed by atoms with van der Waals surface area (Å²) in [4.78, 5) is 22.8. The Morgan fingerprint density at radius 3 is 2.58 bits per heavy atom. The minimum absolute atomic E-state index is 0.0661. The lowest BCUT2D eigenvalue weighted by atomic mass is 10.1. The zero-order valence-corrected chi connectivity index (χ0v) is 16.0. The van der Waals surface area contributed by atoms with Gasteiger partial charge in [0, 0.05) is 6.42 Å². The predicted octanol–water partition coefficient (Wildman–Crippen LogP) is 1.13. The van der Waals surface area contributed by atoms with E-state index in [1.54, 1.807) is 0 Å². The fourth-order valence-corrected chi connectivity index (χ4v) is 2.78. The molecule has 0 aliphatic rings. The number of carbonyl (C=O) groups excluding carboxylic acids is 2. The lowest BCUT2D eigenvalue weighted by Crippen LogP contribution is -2.42. The summed E-state index contributed by atoms with van der Waals surface area (Å²) < 4.78 is 5.44. The third-order valence-corrected chi connectivity index (χ3v) is 4.28. The summed E-state index contributed by atoms with van der Waals surface area (Å²) in [6.45, 7) is 1.71. The van der Waals surface area contributed by atoms with Crippen molar-refractivity contribution in [2.75, 3.05) is 6.61 Å². The Labute approximate surface area is 123 Å². The van der Waals surface area contributed by atoms with Gasteiger partial charge in [-0.1, -0.05) is 26.8 Å². The molecule has 0 saturated carbocycles. The lowest BCUT2D eigenvalue weighted by Gasteiger charge is -2.20. The van der Waals surface area contributed by atoms with E-state index < -0.39 is 19.5 Å². The Bertz CT molecular complexity index is 292. The lowest BCUT2D eigenvalue weighted by molar-refractivity contribution is -0.129. The van der Waals surface area contributed by atoms with Gasteiger partial charge >= 0.3 is 0 Å². The molecule has 0 saturated heterocycles. The van der Waals surface area contributed by atoms with E-state index in [1.165, 1.54) is 6.92 Å². The number of aliphatic hydroxyl groups is 1. The van der Waals surface area contributed by atoms with Crippen LogP contribution in [0.15, 0.2) is 0 Å². The number of amides is 2. The number of rotatable bonds is 9. The third-order valence-electron chi connectivity index (χ3n) is 2.08. The van der Waals surface area contributed by atoms with Gasteiger partial charge in [-0.05, 0) is 21.8 Å². The fourth-order valence-electron chi connectivity index (χ4n) is 1.14. The first-order chi connectivity index (χ1) is 8.86. The average Bonchev–Trinajstić information content (AvgIpc) is 2.32. The quantitative estimate of drug-likeness (QED) is 0.536. The molecule has 2 amide bonds. The molecule has 0 aliphatic carbocycles. The highest BCUT2D eigenvalue weighted by Crippen LogP contribution is 2.53. The van der Waals surface area contributed by atoms with Crippen molar-refractivity contribution < 1.29 is 19.2 Å². The second-order valence-electron chi connectivity index (χ2n) is 3.77. The SMILES string of the molecule is CC(O)C(=O)NC(CCC(=O)NPP)COP(P)P. The average molecular weight is 364 g/mol. The van der Waals surface area contributed by atoms with Crippen molar-refractivity contribution in [2.45, 2.75) is 31.9 Å². The van der Waals surface area contributed by atoms with Crippen molar-refractivity contribution in [3.63, 3.8) is 0 Å². The first-order valence-corrected chi connectivity index (χ1v) is 12.8. The zero-order valence-electron chi connectivity index (χ0n) is 10.6. The van der Waals surface area contributed by atoms with Gasteiger partial charge in [-0.25, -0.2) is 0 Å². The summed E-state index contributed by atoms with van der Waals surface area (Å²) in [5.41, 5.74) is 0. The van der Waals surface area contributed by atoms with Crippen LogP contribution in [0.1, 0.15) is 19.8 Å². The maximum absolute atomic E-state index is 11.4. The van der Waals surface area contributed by atoms with Crippen molar-refractivity contribution in [2.24, 2.45) is 0 Å².